The molecule has 0 spiro atoms. The van der Waals surface area contributed by atoms with Crippen molar-refractivity contribution in [1.29, 1.82) is 0 Å². The summed E-state index contributed by atoms with van der Waals surface area (Å²) < 4.78 is 2.05. The SMILES string of the molecule is CCc1nccn1CCC(O)CN. The van der Waals surface area contributed by atoms with E-state index in [4.69, 9.17) is 5.73 Å². The van der Waals surface area contributed by atoms with E-state index in [0.717, 1.165) is 18.8 Å². The van der Waals surface area contributed by atoms with Gasteiger partial charge in [-0.15, -0.1) is 0 Å². The first kappa shape index (κ1) is 10.2. The molecule has 0 aliphatic carbocycles. The number of aliphatic hydroxyl groups is 1. The molecule has 0 fully saturated rings. The van der Waals surface area contributed by atoms with Gasteiger partial charge in [-0.05, 0) is 6.42 Å². The molecule has 13 heavy (non-hydrogen) atoms. The molecule has 74 valence electrons. The maximum absolute atomic E-state index is 9.26. The second-order valence-electron chi connectivity index (χ2n) is 3.07. The molecule has 1 rings (SSSR count). The highest BCUT2D eigenvalue weighted by atomic mass is 16.3. The third-order valence-corrected chi connectivity index (χ3v) is 2.09. The van der Waals surface area contributed by atoms with Gasteiger partial charge in [-0.2, -0.15) is 0 Å². The van der Waals surface area contributed by atoms with Gasteiger partial charge >= 0.3 is 0 Å². The van der Waals surface area contributed by atoms with Crippen molar-refractivity contribution in [2.24, 2.45) is 5.73 Å². The summed E-state index contributed by atoms with van der Waals surface area (Å²) in [4.78, 5) is 4.19. The highest BCUT2D eigenvalue weighted by molar-refractivity contribution is 4.91. The third-order valence-electron chi connectivity index (χ3n) is 2.09. The normalized spacial score (nSPS) is 13.2. The number of aromatic nitrogens is 2. The topological polar surface area (TPSA) is 64.1 Å². The molecule has 1 heterocycles. The van der Waals surface area contributed by atoms with E-state index >= 15 is 0 Å². The van der Waals surface area contributed by atoms with Crippen LogP contribution in [0.25, 0.3) is 0 Å². The first-order valence-electron chi connectivity index (χ1n) is 4.66. The van der Waals surface area contributed by atoms with E-state index in [1.807, 2.05) is 6.20 Å². The molecule has 1 unspecified atom stereocenters. The van der Waals surface area contributed by atoms with Gasteiger partial charge in [-0.1, -0.05) is 6.92 Å². The Morgan fingerprint density at radius 2 is 2.46 bits per heavy atom. The maximum Gasteiger partial charge on any atom is 0.108 e. The molecule has 4 nitrogen and oxygen atoms in total. The van der Waals surface area contributed by atoms with Crippen molar-refractivity contribution in [1.82, 2.24) is 9.55 Å². The average Bonchev–Trinajstić information content (AvgIpc) is 2.61. The monoisotopic (exact) mass is 183 g/mol. The van der Waals surface area contributed by atoms with Crippen molar-refractivity contribution < 1.29 is 5.11 Å². The zero-order valence-electron chi connectivity index (χ0n) is 7.98. The molecular formula is C9H17N3O. The Morgan fingerprint density at radius 1 is 1.69 bits per heavy atom. The lowest BCUT2D eigenvalue weighted by Gasteiger charge is -2.09. The van der Waals surface area contributed by atoms with Crippen LogP contribution in [0.2, 0.25) is 0 Å². The fraction of sp³-hybridized carbons (Fsp3) is 0.667. The highest BCUT2D eigenvalue weighted by Crippen LogP contribution is 2.01. The predicted octanol–water partition coefficient (Wildman–Crippen LogP) is 0.155. The van der Waals surface area contributed by atoms with Crippen LogP contribution in [0.4, 0.5) is 0 Å². The summed E-state index contributed by atoms with van der Waals surface area (Å²) in [6.07, 6.45) is 4.94. The highest BCUT2D eigenvalue weighted by Gasteiger charge is 2.03. The summed E-state index contributed by atoms with van der Waals surface area (Å²) in [5.41, 5.74) is 5.31. The van der Waals surface area contributed by atoms with E-state index in [9.17, 15) is 5.11 Å². The lowest BCUT2D eigenvalue weighted by Crippen LogP contribution is -2.21. The van der Waals surface area contributed by atoms with E-state index in [1.165, 1.54) is 0 Å². The first-order valence-corrected chi connectivity index (χ1v) is 4.66. The van der Waals surface area contributed by atoms with E-state index in [2.05, 4.69) is 16.5 Å². The molecule has 1 aromatic rings. The summed E-state index contributed by atoms with van der Waals surface area (Å²) in [5, 5.41) is 9.26. The Kier molecular flexibility index (Phi) is 3.92. The Morgan fingerprint density at radius 3 is 3.08 bits per heavy atom. The summed E-state index contributed by atoms with van der Waals surface area (Å²) in [6, 6.07) is 0. The third kappa shape index (κ3) is 2.82. The summed E-state index contributed by atoms with van der Waals surface area (Å²) in [6.45, 7) is 3.19. The molecule has 1 aromatic heterocycles. The maximum atomic E-state index is 9.26. The Labute approximate surface area is 78.4 Å². The van der Waals surface area contributed by atoms with Crippen molar-refractivity contribution in [2.45, 2.75) is 32.4 Å². The van der Waals surface area contributed by atoms with Crippen molar-refractivity contribution in [3.05, 3.63) is 18.2 Å². The van der Waals surface area contributed by atoms with Crippen molar-refractivity contribution in [2.75, 3.05) is 6.54 Å². The van der Waals surface area contributed by atoms with Crippen LogP contribution in [0.3, 0.4) is 0 Å². The second kappa shape index (κ2) is 4.99. The molecule has 4 heteroatoms. The number of rotatable bonds is 5. The second-order valence-corrected chi connectivity index (χ2v) is 3.07. The number of nitrogens with two attached hydrogens (primary N) is 1. The van der Waals surface area contributed by atoms with Gasteiger partial charge < -0.3 is 15.4 Å². The van der Waals surface area contributed by atoms with E-state index < -0.39 is 6.10 Å². The Balaban J connectivity index is 2.44. The van der Waals surface area contributed by atoms with Crippen LogP contribution in [0.1, 0.15) is 19.2 Å². The smallest absolute Gasteiger partial charge is 0.108 e. The van der Waals surface area contributed by atoms with Crippen molar-refractivity contribution in [3.63, 3.8) is 0 Å². The van der Waals surface area contributed by atoms with Crippen LogP contribution < -0.4 is 5.73 Å². The van der Waals surface area contributed by atoms with Gasteiger partial charge in [0.15, 0.2) is 0 Å². The van der Waals surface area contributed by atoms with Gasteiger partial charge in [0, 0.05) is 31.9 Å². The van der Waals surface area contributed by atoms with Gasteiger partial charge in [-0.3, -0.25) is 0 Å². The van der Waals surface area contributed by atoms with Gasteiger partial charge in [0.05, 0.1) is 6.10 Å². The average molecular weight is 183 g/mol. The molecular weight excluding hydrogens is 166 g/mol. The van der Waals surface area contributed by atoms with Crippen LogP contribution in [-0.2, 0) is 13.0 Å². The largest absolute Gasteiger partial charge is 0.392 e. The van der Waals surface area contributed by atoms with Gasteiger partial charge in [0.1, 0.15) is 5.82 Å². The minimum absolute atomic E-state index is 0.330. The number of hydrogen-bond donors (Lipinski definition) is 2. The van der Waals surface area contributed by atoms with Gasteiger partial charge in [0.25, 0.3) is 0 Å². The first-order chi connectivity index (χ1) is 6.27. The summed E-state index contributed by atoms with van der Waals surface area (Å²) in [7, 11) is 0. The Hall–Kier alpha value is -0.870. The van der Waals surface area contributed by atoms with Crippen molar-refractivity contribution >= 4 is 0 Å². The van der Waals surface area contributed by atoms with E-state index in [-0.39, 0.29) is 0 Å². The van der Waals surface area contributed by atoms with E-state index in [0.29, 0.717) is 13.0 Å². The zero-order chi connectivity index (χ0) is 9.68. The molecule has 0 aliphatic rings. The number of aryl methyl sites for hydroxylation is 2. The standard InChI is InChI=1S/C9H17N3O/c1-2-9-11-4-6-12(9)5-3-8(13)7-10/h4,6,8,13H,2-3,5,7,10H2,1H3. The number of imidazole rings is 1. The fourth-order valence-electron chi connectivity index (χ4n) is 1.26. The molecule has 0 amide bonds. The minimum atomic E-state index is -0.396. The Bertz CT molecular complexity index is 247. The number of hydrogen-bond acceptors (Lipinski definition) is 3. The minimum Gasteiger partial charge on any atom is -0.392 e. The number of aliphatic hydroxyl groups excluding tert-OH is 1. The van der Waals surface area contributed by atoms with Crippen molar-refractivity contribution in [3.8, 4) is 0 Å². The van der Waals surface area contributed by atoms with Crippen LogP contribution >= 0.6 is 0 Å². The molecule has 0 radical (unpaired) electrons. The van der Waals surface area contributed by atoms with E-state index in [1.54, 1.807) is 6.20 Å². The van der Waals surface area contributed by atoms with Gasteiger partial charge in [0.2, 0.25) is 0 Å². The lowest BCUT2D eigenvalue weighted by molar-refractivity contribution is 0.166. The molecule has 0 saturated heterocycles. The van der Waals surface area contributed by atoms with Crippen LogP contribution in [0.5, 0.6) is 0 Å². The summed E-state index contributed by atoms with van der Waals surface area (Å²) in [5.74, 6) is 1.06. The molecule has 1 atom stereocenters. The lowest BCUT2D eigenvalue weighted by atomic mass is 10.2. The molecule has 0 aromatic carbocycles. The zero-order valence-corrected chi connectivity index (χ0v) is 7.98. The quantitative estimate of drug-likeness (QED) is 0.683. The van der Waals surface area contributed by atoms with Crippen LogP contribution in [-0.4, -0.2) is 27.3 Å². The predicted molar refractivity (Wildman–Crippen MR) is 51.3 cm³/mol. The van der Waals surface area contributed by atoms with Crippen LogP contribution in [0.15, 0.2) is 12.4 Å². The fourth-order valence-corrected chi connectivity index (χ4v) is 1.26. The van der Waals surface area contributed by atoms with Crippen LogP contribution in [0, 0.1) is 0 Å². The number of nitrogens with zero attached hydrogens (tertiary/aromatic N) is 2. The molecule has 0 aliphatic heterocycles. The van der Waals surface area contributed by atoms with Gasteiger partial charge in [-0.25, -0.2) is 4.98 Å². The molecule has 0 bridgehead atoms. The molecule has 0 saturated carbocycles. The molecule has 3 N–H and O–H groups in total. The summed E-state index contributed by atoms with van der Waals surface area (Å²) >= 11 is 0.